The molecular weight excluding hydrogens is 289 g/mol. The van der Waals surface area contributed by atoms with E-state index < -0.39 is 0 Å². The lowest BCUT2D eigenvalue weighted by atomic mass is 10.3. The van der Waals surface area contributed by atoms with Crippen molar-refractivity contribution in [3.63, 3.8) is 0 Å². The highest BCUT2D eigenvalue weighted by Gasteiger charge is 2.07. The average Bonchev–Trinajstić information content (AvgIpc) is 2.09. The number of rotatable bonds is 3. The van der Waals surface area contributed by atoms with Crippen molar-refractivity contribution in [2.75, 3.05) is 6.61 Å². The molecule has 0 fully saturated rings. The fraction of sp³-hybridized carbons (Fsp3) is 0.333. The summed E-state index contributed by atoms with van der Waals surface area (Å²) >= 11 is 15.1. The Kier molecular flexibility index (Phi) is 4.51. The van der Waals surface area contributed by atoms with E-state index in [1.165, 1.54) is 0 Å². The van der Waals surface area contributed by atoms with Crippen molar-refractivity contribution < 1.29 is 4.74 Å². The molecule has 78 valence electrons. The molecule has 0 bridgehead atoms. The Morgan fingerprint density at radius 2 is 2.07 bits per heavy atom. The summed E-state index contributed by atoms with van der Waals surface area (Å²) < 4.78 is 6.12. The van der Waals surface area contributed by atoms with Gasteiger partial charge in [-0.2, -0.15) is 0 Å². The Morgan fingerprint density at radius 3 is 2.64 bits per heavy atom. The summed E-state index contributed by atoms with van der Waals surface area (Å²) in [6, 6.07) is 3.32. The van der Waals surface area contributed by atoms with Gasteiger partial charge in [0, 0.05) is 16.6 Å². The molecule has 1 unspecified atom stereocenters. The summed E-state index contributed by atoms with van der Waals surface area (Å²) in [6.07, 6.45) is 0. The fourth-order valence-electron chi connectivity index (χ4n) is 0.836. The van der Waals surface area contributed by atoms with Crippen molar-refractivity contribution in [1.82, 2.24) is 0 Å². The summed E-state index contributed by atoms with van der Waals surface area (Å²) in [5.74, 6) is 0.553. The quantitative estimate of drug-likeness (QED) is 0.867. The zero-order valence-corrected chi connectivity index (χ0v) is 10.7. The van der Waals surface area contributed by atoms with Gasteiger partial charge in [-0.3, -0.25) is 0 Å². The second kappa shape index (κ2) is 5.21. The number of hydrogen-bond acceptors (Lipinski definition) is 2. The fourth-order valence-corrected chi connectivity index (χ4v) is 1.68. The molecule has 1 aromatic carbocycles. The average molecular weight is 299 g/mol. The number of halogens is 3. The van der Waals surface area contributed by atoms with Crippen LogP contribution in [-0.2, 0) is 0 Å². The topological polar surface area (TPSA) is 35.2 Å². The van der Waals surface area contributed by atoms with E-state index in [1.54, 1.807) is 12.1 Å². The highest BCUT2D eigenvalue weighted by atomic mass is 79.9. The highest BCUT2D eigenvalue weighted by molar-refractivity contribution is 9.10. The van der Waals surface area contributed by atoms with E-state index in [2.05, 4.69) is 15.9 Å². The van der Waals surface area contributed by atoms with Crippen molar-refractivity contribution in [3.8, 4) is 5.75 Å². The van der Waals surface area contributed by atoms with Crippen molar-refractivity contribution >= 4 is 39.1 Å². The summed E-state index contributed by atoms with van der Waals surface area (Å²) in [4.78, 5) is 0. The predicted molar refractivity (Wildman–Crippen MR) is 63.3 cm³/mol. The van der Waals surface area contributed by atoms with Crippen molar-refractivity contribution in [3.05, 3.63) is 26.7 Å². The minimum Gasteiger partial charge on any atom is -0.490 e. The van der Waals surface area contributed by atoms with Crippen LogP contribution in [0.25, 0.3) is 0 Å². The Morgan fingerprint density at radius 1 is 1.43 bits per heavy atom. The molecule has 2 N–H and O–H groups in total. The molecular formula is C9H10BrCl2NO. The Hall–Kier alpha value is 0.0400. The zero-order chi connectivity index (χ0) is 10.7. The van der Waals surface area contributed by atoms with Crippen LogP contribution in [0.15, 0.2) is 16.6 Å². The Bertz CT molecular complexity index is 331. The number of nitrogens with two attached hydrogens (primary N) is 1. The molecule has 1 atom stereocenters. The van der Waals surface area contributed by atoms with E-state index in [0.717, 1.165) is 4.47 Å². The maximum atomic E-state index is 5.93. The van der Waals surface area contributed by atoms with Crippen LogP contribution in [0.2, 0.25) is 10.0 Å². The smallest absolute Gasteiger partial charge is 0.139 e. The molecule has 0 aliphatic rings. The number of benzene rings is 1. The molecule has 0 saturated heterocycles. The van der Waals surface area contributed by atoms with E-state index >= 15 is 0 Å². The van der Waals surface area contributed by atoms with Crippen molar-refractivity contribution in [2.24, 2.45) is 5.73 Å². The molecule has 0 aromatic heterocycles. The number of ether oxygens (including phenoxy) is 1. The molecule has 5 heteroatoms. The molecule has 0 aliphatic heterocycles. The van der Waals surface area contributed by atoms with Gasteiger partial charge >= 0.3 is 0 Å². The van der Waals surface area contributed by atoms with Gasteiger partial charge in [0.1, 0.15) is 12.4 Å². The predicted octanol–water partition coefficient (Wildman–Crippen LogP) is 3.48. The van der Waals surface area contributed by atoms with E-state index in [9.17, 15) is 0 Å². The van der Waals surface area contributed by atoms with Crippen LogP contribution in [0, 0.1) is 0 Å². The molecule has 0 spiro atoms. The summed E-state index contributed by atoms with van der Waals surface area (Å²) in [7, 11) is 0. The van der Waals surface area contributed by atoms with Crippen molar-refractivity contribution in [2.45, 2.75) is 13.0 Å². The summed E-state index contributed by atoms with van der Waals surface area (Å²) in [6.45, 7) is 2.27. The third-order valence-electron chi connectivity index (χ3n) is 1.48. The normalized spacial score (nSPS) is 12.6. The second-order valence-corrected chi connectivity index (χ2v) is 4.65. The van der Waals surface area contributed by atoms with Crippen LogP contribution in [0.4, 0.5) is 0 Å². The minimum atomic E-state index is -0.0338. The van der Waals surface area contributed by atoms with E-state index in [-0.39, 0.29) is 6.04 Å². The maximum absolute atomic E-state index is 5.93. The van der Waals surface area contributed by atoms with Gasteiger partial charge in [-0.15, -0.1) is 0 Å². The molecule has 1 aromatic rings. The molecule has 0 aliphatic carbocycles. The van der Waals surface area contributed by atoms with Crippen LogP contribution in [0.1, 0.15) is 6.92 Å². The maximum Gasteiger partial charge on any atom is 0.139 e. The third-order valence-corrected chi connectivity index (χ3v) is 2.97. The summed E-state index contributed by atoms with van der Waals surface area (Å²) in [5.41, 5.74) is 5.55. The molecule has 0 amide bonds. The summed E-state index contributed by atoms with van der Waals surface area (Å²) in [5, 5.41) is 1.08. The second-order valence-electron chi connectivity index (χ2n) is 2.99. The van der Waals surface area contributed by atoms with Crippen LogP contribution in [0.5, 0.6) is 5.75 Å². The Labute approximate surface area is 101 Å². The lowest BCUT2D eigenvalue weighted by Crippen LogP contribution is -2.23. The first-order valence-electron chi connectivity index (χ1n) is 4.03. The van der Waals surface area contributed by atoms with Crippen LogP contribution >= 0.6 is 39.1 Å². The standard InChI is InChI=1S/C9H10BrCl2NO/c1-5(13)4-14-9-3-7(11)6(10)2-8(9)12/h2-3,5H,4,13H2,1H3. The van der Waals surface area contributed by atoms with E-state index in [0.29, 0.717) is 22.4 Å². The van der Waals surface area contributed by atoms with Gasteiger partial charge < -0.3 is 10.5 Å². The SMILES string of the molecule is CC(N)COc1cc(Cl)c(Br)cc1Cl. The minimum absolute atomic E-state index is 0.0338. The third kappa shape index (κ3) is 3.31. The Balaban J connectivity index is 2.82. The largest absolute Gasteiger partial charge is 0.490 e. The number of hydrogen-bond donors (Lipinski definition) is 1. The van der Waals surface area contributed by atoms with Crippen molar-refractivity contribution in [1.29, 1.82) is 0 Å². The lowest BCUT2D eigenvalue weighted by Gasteiger charge is -2.11. The molecule has 2 nitrogen and oxygen atoms in total. The first-order chi connectivity index (χ1) is 6.50. The lowest BCUT2D eigenvalue weighted by molar-refractivity contribution is 0.296. The molecule has 0 saturated carbocycles. The van der Waals surface area contributed by atoms with Crippen LogP contribution in [0.3, 0.4) is 0 Å². The highest BCUT2D eigenvalue weighted by Crippen LogP contribution is 2.33. The van der Waals surface area contributed by atoms with E-state index in [1.807, 2.05) is 6.92 Å². The molecule has 14 heavy (non-hydrogen) atoms. The first kappa shape index (κ1) is 12.1. The van der Waals surface area contributed by atoms with Gasteiger partial charge in [0.15, 0.2) is 0 Å². The first-order valence-corrected chi connectivity index (χ1v) is 5.58. The molecule has 1 rings (SSSR count). The molecule has 0 radical (unpaired) electrons. The monoisotopic (exact) mass is 297 g/mol. The van der Waals surface area contributed by atoms with Gasteiger partial charge in [-0.1, -0.05) is 23.2 Å². The van der Waals surface area contributed by atoms with Gasteiger partial charge in [-0.25, -0.2) is 0 Å². The van der Waals surface area contributed by atoms with Gasteiger partial charge in [0.2, 0.25) is 0 Å². The molecule has 0 heterocycles. The van der Waals surface area contributed by atoms with E-state index in [4.69, 9.17) is 33.7 Å². The van der Waals surface area contributed by atoms with Gasteiger partial charge in [0.05, 0.1) is 10.0 Å². The van der Waals surface area contributed by atoms with Gasteiger partial charge in [-0.05, 0) is 28.9 Å². The van der Waals surface area contributed by atoms with Crippen LogP contribution < -0.4 is 10.5 Å². The van der Waals surface area contributed by atoms with Crippen LogP contribution in [-0.4, -0.2) is 12.6 Å². The van der Waals surface area contributed by atoms with Gasteiger partial charge in [0.25, 0.3) is 0 Å². The zero-order valence-electron chi connectivity index (χ0n) is 7.56.